The van der Waals surface area contributed by atoms with E-state index in [1.54, 1.807) is 24.9 Å². The lowest BCUT2D eigenvalue weighted by atomic mass is 10.1. The van der Waals surface area contributed by atoms with Crippen LogP contribution in [-0.2, 0) is 13.1 Å². The second kappa shape index (κ2) is 6.43. The van der Waals surface area contributed by atoms with E-state index in [4.69, 9.17) is 4.52 Å². The molecule has 0 bridgehead atoms. The first-order valence-corrected chi connectivity index (χ1v) is 7.25. The summed E-state index contributed by atoms with van der Waals surface area (Å²) < 4.78 is 6.78. The number of rotatable bonds is 5. The van der Waals surface area contributed by atoms with Crippen LogP contribution in [0.25, 0.3) is 0 Å². The topological polar surface area (TPSA) is 85.8 Å². The van der Waals surface area contributed by atoms with Crippen molar-refractivity contribution >= 4 is 5.91 Å². The average Bonchev–Trinajstić information content (AvgIpc) is 3.16. The minimum Gasteiger partial charge on any atom is -0.361 e. The number of hydrogen-bond acceptors (Lipinski definition) is 5. The maximum Gasteiger partial charge on any atom is 0.257 e. The van der Waals surface area contributed by atoms with Gasteiger partial charge in [-0.25, -0.2) is 9.67 Å². The number of nitrogens with one attached hydrogen (secondary N) is 1. The Balaban J connectivity index is 1.72. The van der Waals surface area contributed by atoms with E-state index in [0.717, 1.165) is 11.1 Å². The Hall–Kier alpha value is -2.96. The standard InChI is InChI=1S/C16H17N5O2/c1-11-15(12(2)23-20-11)16(22)18-7-13-5-3-4-6-14(13)8-21-10-17-9-19-21/h3-6,9-10H,7-8H2,1-2H3,(H,18,22). The summed E-state index contributed by atoms with van der Waals surface area (Å²) in [5, 5.41) is 10.8. The van der Waals surface area contributed by atoms with Gasteiger partial charge in [-0.2, -0.15) is 5.10 Å². The summed E-state index contributed by atoms with van der Waals surface area (Å²) in [7, 11) is 0. The molecule has 0 atom stereocenters. The Bertz CT molecular complexity index is 788. The highest BCUT2D eigenvalue weighted by atomic mass is 16.5. The summed E-state index contributed by atoms with van der Waals surface area (Å²) >= 11 is 0. The molecule has 0 aliphatic rings. The van der Waals surface area contributed by atoms with Gasteiger partial charge in [-0.05, 0) is 25.0 Å². The van der Waals surface area contributed by atoms with Gasteiger partial charge in [-0.15, -0.1) is 0 Å². The Morgan fingerprint density at radius 1 is 1.26 bits per heavy atom. The van der Waals surface area contributed by atoms with Crippen LogP contribution in [0.15, 0.2) is 41.4 Å². The fourth-order valence-corrected chi connectivity index (χ4v) is 2.44. The van der Waals surface area contributed by atoms with E-state index >= 15 is 0 Å². The van der Waals surface area contributed by atoms with Gasteiger partial charge in [0.05, 0.1) is 12.2 Å². The summed E-state index contributed by atoms with van der Waals surface area (Å²) in [5.41, 5.74) is 3.20. The van der Waals surface area contributed by atoms with E-state index in [0.29, 0.717) is 30.1 Å². The molecule has 0 saturated heterocycles. The van der Waals surface area contributed by atoms with Crippen molar-refractivity contribution in [3.63, 3.8) is 0 Å². The van der Waals surface area contributed by atoms with Crippen LogP contribution in [0.3, 0.4) is 0 Å². The number of aryl methyl sites for hydroxylation is 2. The van der Waals surface area contributed by atoms with E-state index in [2.05, 4.69) is 20.6 Å². The molecular weight excluding hydrogens is 294 g/mol. The van der Waals surface area contributed by atoms with Crippen LogP contribution in [0.4, 0.5) is 0 Å². The van der Waals surface area contributed by atoms with Crippen LogP contribution in [0.5, 0.6) is 0 Å². The fraction of sp³-hybridized carbons (Fsp3) is 0.250. The Morgan fingerprint density at radius 3 is 2.70 bits per heavy atom. The van der Waals surface area contributed by atoms with E-state index in [-0.39, 0.29) is 5.91 Å². The van der Waals surface area contributed by atoms with Crippen molar-refractivity contribution < 1.29 is 9.32 Å². The van der Waals surface area contributed by atoms with Crippen molar-refractivity contribution in [2.24, 2.45) is 0 Å². The number of aromatic nitrogens is 4. The summed E-state index contributed by atoms with van der Waals surface area (Å²) in [4.78, 5) is 16.3. The van der Waals surface area contributed by atoms with Crippen molar-refractivity contribution in [1.29, 1.82) is 0 Å². The molecular formula is C16H17N5O2. The third kappa shape index (κ3) is 3.28. The van der Waals surface area contributed by atoms with Crippen LogP contribution >= 0.6 is 0 Å². The van der Waals surface area contributed by atoms with Gasteiger partial charge in [0, 0.05) is 6.54 Å². The van der Waals surface area contributed by atoms with Crippen molar-refractivity contribution in [2.75, 3.05) is 0 Å². The predicted octanol–water partition coefficient (Wildman–Crippen LogP) is 1.86. The van der Waals surface area contributed by atoms with E-state index in [1.807, 2.05) is 24.3 Å². The highest BCUT2D eigenvalue weighted by molar-refractivity contribution is 5.96. The van der Waals surface area contributed by atoms with E-state index in [9.17, 15) is 4.79 Å². The van der Waals surface area contributed by atoms with Gasteiger partial charge in [0.15, 0.2) is 0 Å². The second-order valence-corrected chi connectivity index (χ2v) is 5.24. The Morgan fingerprint density at radius 2 is 2.04 bits per heavy atom. The molecule has 2 aromatic heterocycles. The van der Waals surface area contributed by atoms with Crippen LogP contribution < -0.4 is 5.32 Å². The minimum absolute atomic E-state index is 0.184. The van der Waals surface area contributed by atoms with E-state index < -0.39 is 0 Å². The first-order valence-electron chi connectivity index (χ1n) is 7.25. The minimum atomic E-state index is -0.184. The molecule has 7 heteroatoms. The number of amides is 1. The molecule has 0 saturated carbocycles. The maximum atomic E-state index is 12.3. The normalized spacial score (nSPS) is 10.7. The number of hydrogen-bond donors (Lipinski definition) is 1. The molecule has 0 unspecified atom stereocenters. The van der Waals surface area contributed by atoms with Gasteiger partial charge in [-0.3, -0.25) is 4.79 Å². The Kier molecular flexibility index (Phi) is 4.18. The van der Waals surface area contributed by atoms with Crippen LogP contribution in [0, 0.1) is 13.8 Å². The Labute approximate surface area is 133 Å². The largest absolute Gasteiger partial charge is 0.361 e. The van der Waals surface area contributed by atoms with Gasteiger partial charge < -0.3 is 9.84 Å². The van der Waals surface area contributed by atoms with Crippen molar-refractivity contribution in [1.82, 2.24) is 25.2 Å². The predicted molar refractivity (Wildman–Crippen MR) is 82.7 cm³/mol. The lowest BCUT2D eigenvalue weighted by molar-refractivity contribution is 0.0949. The third-order valence-corrected chi connectivity index (χ3v) is 3.62. The smallest absolute Gasteiger partial charge is 0.257 e. The van der Waals surface area contributed by atoms with Gasteiger partial charge in [-0.1, -0.05) is 29.4 Å². The van der Waals surface area contributed by atoms with Crippen LogP contribution in [0.2, 0.25) is 0 Å². The van der Waals surface area contributed by atoms with Gasteiger partial charge in [0.2, 0.25) is 0 Å². The SMILES string of the molecule is Cc1noc(C)c1C(=O)NCc1ccccc1Cn1cncn1. The summed E-state index contributed by atoms with van der Waals surface area (Å²) in [6, 6.07) is 7.91. The zero-order valence-corrected chi connectivity index (χ0v) is 13.0. The first-order chi connectivity index (χ1) is 11.1. The average molecular weight is 311 g/mol. The van der Waals surface area contributed by atoms with Crippen molar-refractivity contribution in [3.8, 4) is 0 Å². The monoisotopic (exact) mass is 311 g/mol. The number of carbonyl (C=O) groups is 1. The molecule has 23 heavy (non-hydrogen) atoms. The zero-order valence-electron chi connectivity index (χ0n) is 13.0. The first kappa shape index (κ1) is 15.0. The lowest BCUT2D eigenvalue weighted by Gasteiger charge is -2.10. The van der Waals surface area contributed by atoms with Crippen LogP contribution in [0.1, 0.15) is 32.9 Å². The highest BCUT2D eigenvalue weighted by Gasteiger charge is 2.17. The molecule has 7 nitrogen and oxygen atoms in total. The summed E-state index contributed by atoms with van der Waals surface area (Å²) in [5.74, 6) is 0.340. The van der Waals surface area contributed by atoms with Gasteiger partial charge in [0.25, 0.3) is 5.91 Å². The number of benzene rings is 1. The van der Waals surface area contributed by atoms with Gasteiger partial charge >= 0.3 is 0 Å². The van der Waals surface area contributed by atoms with Crippen molar-refractivity contribution in [3.05, 3.63) is 65.1 Å². The molecule has 0 radical (unpaired) electrons. The molecule has 0 aliphatic heterocycles. The summed E-state index contributed by atoms with van der Waals surface area (Å²) in [6.07, 6.45) is 3.17. The maximum absolute atomic E-state index is 12.3. The number of nitrogens with zero attached hydrogens (tertiary/aromatic N) is 4. The van der Waals surface area contributed by atoms with Crippen LogP contribution in [-0.4, -0.2) is 25.8 Å². The molecule has 0 aliphatic carbocycles. The molecule has 3 rings (SSSR count). The fourth-order valence-electron chi connectivity index (χ4n) is 2.44. The molecule has 1 aromatic carbocycles. The molecule has 118 valence electrons. The summed E-state index contributed by atoms with van der Waals surface area (Å²) in [6.45, 7) is 4.52. The quantitative estimate of drug-likeness (QED) is 0.777. The number of carbonyl (C=O) groups excluding carboxylic acids is 1. The molecule has 3 aromatic rings. The zero-order chi connectivity index (χ0) is 16.2. The molecule has 2 heterocycles. The molecule has 0 spiro atoms. The second-order valence-electron chi connectivity index (χ2n) is 5.24. The molecule has 1 amide bonds. The lowest BCUT2D eigenvalue weighted by Crippen LogP contribution is -2.24. The van der Waals surface area contributed by atoms with Gasteiger partial charge in [0.1, 0.15) is 24.0 Å². The highest BCUT2D eigenvalue weighted by Crippen LogP contribution is 2.14. The third-order valence-electron chi connectivity index (χ3n) is 3.62. The molecule has 1 N–H and O–H groups in total. The molecule has 0 fully saturated rings. The van der Waals surface area contributed by atoms with Crippen molar-refractivity contribution in [2.45, 2.75) is 26.9 Å². The van der Waals surface area contributed by atoms with E-state index in [1.165, 1.54) is 6.33 Å².